The molecule has 2 aromatic carbocycles. The van der Waals surface area contributed by atoms with Crippen LogP contribution in [0.5, 0.6) is 5.75 Å². The number of hydrogen-bond acceptors (Lipinski definition) is 4. The molecule has 1 aromatic heterocycles. The van der Waals surface area contributed by atoms with Crippen molar-refractivity contribution in [2.24, 2.45) is 0 Å². The van der Waals surface area contributed by atoms with Crippen molar-refractivity contribution in [2.45, 2.75) is 18.8 Å². The van der Waals surface area contributed by atoms with Crippen LogP contribution in [-0.4, -0.2) is 33.0 Å². The lowest BCUT2D eigenvalue weighted by Gasteiger charge is -2.07. The van der Waals surface area contributed by atoms with Gasteiger partial charge in [0.15, 0.2) is 11.6 Å². The number of aromatic nitrogens is 3. The van der Waals surface area contributed by atoms with Crippen LogP contribution in [0.25, 0.3) is 17.1 Å². The number of carboxylic acid groups (broad SMARTS) is 1. The molecular weight excluding hydrogens is 318 g/mol. The third-order valence-electron chi connectivity index (χ3n) is 4.25. The van der Waals surface area contributed by atoms with Crippen molar-refractivity contribution in [3.63, 3.8) is 0 Å². The molecule has 1 aliphatic carbocycles. The number of methoxy groups -OCH3 is 1. The summed E-state index contributed by atoms with van der Waals surface area (Å²) in [5.41, 5.74) is 1.82. The number of rotatable bonds is 5. The molecule has 6 nitrogen and oxygen atoms in total. The fourth-order valence-electron chi connectivity index (χ4n) is 2.72. The van der Waals surface area contributed by atoms with Gasteiger partial charge in [-0.1, -0.05) is 12.1 Å². The molecule has 0 unspecified atom stereocenters. The van der Waals surface area contributed by atoms with E-state index in [9.17, 15) is 9.90 Å². The minimum absolute atomic E-state index is 0.231. The Morgan fingerprint density at radius 1 is 1.20 bits per heavy atom. The third-order valence-corrected chi connectivity index (χ3v) is 4.25. The SMILES string of the molecule is COc1ccc(-n2nc(C3CC3)nc2-c2cccc(C(=O)O)c2)cc1. The van der Waals surface area contributed by atoms with Crippen LogP contribution < -0.4 is 4.74 Å². The maximum atomic E-state index is 11.3. The highest BCUT2D eigenvalue weighted by molar-refractivity contribution is 5.89. The first-order valence-corrected chi connectivity index (χ1v) is 8.11. The van der Waals surface area contributed by atoms with E-state index in [4.69, 9.17) is 4.74 Å². The summed E-state index contributed by atoms with van der Waals surface area (Å²) in [7, 11) is 1.62. The average molecular weight is 335 g/mol. The quantitative estimate of drug-likeness (QED) is 0.772. The highest BCUT2D eigenvalue weighted by Gasteiger charge is 2.29. The second-order valence-electron chi connectivity index (χ2n) is 6.06. The number of nitrogens with zero attached hydrogens (tertiary/aromatic N) is 3. The smallest absolute Gasteiger partial charge is 0.335 e. The van der Waals surface area contributed by atoms with Crippen molar-refractivity contribution in [2.75, 3.05) is 7.11 Å². The molecule has 0 atom stereocenters. The molecule has 126 valence electrons. The normalized spacial score (nSPS) is 13.6. The van der Waals surface area contributed by atoms with Gasteiger partial charge < -0.3 is 9.84 Å². The third kappa shape index (κ3) is 2.98. The molecule has 0 spiro atoms. The molecule has 1 saturated carbocycles. The Labute approximate surface area is 144 Å². The molecule has 1 aliphatic rings. The number of aromatic carboxylic acids is 1. The van der Waals surface area contributed by atoms with Crippen molar-refractivity contribution in [1.82, 2.24) is 14.8 Å². The van der Waals surface area contributed by atoms with Crippen LogP contribution in [0.2, 0.25) is 0 Å². The molecule has 0 saturated heterocycles. The zero-order chi connectivity index (χ0) is 17.4. The standard InChI is InChI=1S/C19H17N3O3/c1-25-16-9-7-15(8-10-16)22-18(20-17(21-22)12-5-6-12)13-3-2-4-14(11-13)19(23)24/h2-4,7-12H,5-6H2,1H3,(H,23,24). The fourth-order valence-corrected chi connectivity index (χ4v) is 2.72. The highest BCUT2D eigenvalue weighted by Crippen LogP contribution is 2.39. The molecule has 3 aromatic rings. The molecule has 6 heteroatoms. The summed E-state index contributed by atoms with van der Waals surface area (Å²) in [6.45, 7) is 0. The van der Waals surface area contributed by atoms with Gasteiger partial charge in [0.05, 0.1) is 18.4 Å². The molecule has 1 fully saturated rings. The van der Waals surface area contributed by atoms with Crippen molar-refractivity contribution in [3.8, 4) is 22.8 Å². The van der Waals surface area contributed by atoms with E-state index in [0.29, 0.717) is 11.7 Å². The van der Waals surface area contributed by atoms with Gasteiger partial charge in [0, 0.05) is 11.5 Å². The Kier molecular flexibility index (Phi) is 3.72. The van der Waals surface area contributed by atoms with Crippen LogP contribution in [0, 0.1) is 0 Å². The first-order chi connectivity index (χ1) is 12.2. The van der Waals surface area contributed by atoms with Gasteiger partial charge in [-0.15, -0.1) is 0 Å². The molecule has 0 amide bonds. The van der Waals surface area contributed by atoms with Gasteiger partial charge in [-0.25, -0.2) is 14.5 Å². The van der Waals surface area contributed by atoms with Gasteiger partial charge >= 0.3 is 5.97 Å². The van der Waals surface area contributed by atoms with E-state index in [2.05, 4.69) is 10.1 Å². The summed E-state index contributed by atoms with van der Waals surface area (Å²) in [6, 6.07) is 14.3. The zero-order valence-corrected chi connectivity index (χ0v) is 13.7. The van der Waals surface area contributed by atoms with Crippen LogP contribution in [0.4, 0.5) is 0 Å². The van der Waals surface area contributed by atoms with Gasteiger partial charge in [-0.2, -0.15) is 5.10 Å². The van der Waals surface area contributed by atoms with E-state index in [-0.39, 0.29) is 5.56 Å². The molecule has 4 rings (SSSR count). The lowest BCUT2D eigenvalue weighted by molar-refractivity contribution is 0.0697. The minimum Gasteiger partial charge on any atom is -0.497 e. The number of ether oxygens (including phenoxy) is 1. The maximum Gasteiger partial charge on any atom is 0.335 e. The van der Waals surface area contributed by atoms with Gasteiger partial charge in [0.25, 0.3) is 0 Å². The maximum absolute atomic E-state index is 11.3. The Balaban J connectivity index is 1.83. The molecule has 1 heterocycles. The molecular formula is C19H17N3O3. The Morgan fingerprint density at radius 3 is 2.60 bits per heavy atom. The van der Waals surface area contributed by atoms with Crippen molar-refractivity contribution in [3.05, 3.63) is 59.9 Å². The largest absolute Gasteiger partial charge is 0.497 e. The summed E-state index contributed by atoms with van der Waals surface area (Å²) >= 11 is 0. The van der Waals surface area contributed by atoms with E-state index in [1.54, 1.807) is 30.0 Å². The Morgan fingerprint density at radius 2 is 1.96 bits per heavy atom. The predicted molar refractivity (Wildman–Crippen MR) is 92.3 cm³/mol. The Bertz CT molecular complexity index is 927. The Hall–Kier alpha value is -3.15. The summed E-state index contributed by atoms with van der Waals surface area (Å²) in [5, 5.41) is 13.9. The minimum atomic E-state index is -0.959. The first-order valence-electron chi connectivity index (χ1n) is 8.11. The highest BCUT2D eigenvalue weighted by atomic mass is 16.5. The molecule has 0 aliphatic heterocycles. The van der Waals surface area contributed by atoms with Crippen LogP contribution in [0.3, 0.4) is 0 Å². The van der Waals surface area contributed by atoms with Crippen LogP contribution >= 0.6 is 0 Å². The lowest BCUT2D eigenvalue weighted by atomic mass is 10.1. The van der Waals surface area contributed by atoms with E-state index in [1.165, 1.54) is 0 Å². The van der Waals surface area contributed by atoms with Gasteiger partial charge in [-0.05, 0) is 49.2 Å². The van der Waals surface area contributed by atoms with E-state index < -0.39 is 5.97 Å². The summed E-state index contributed by atoms with van der Waals surface area (Å²) in [5.74, 6) is 1.67. The number of carboxylic acids is 1. The summed E-state index contributed by atoms with van der Waals surface area (Å²) in [4.78, 5) is 16.0. The van der Waals surface area contributed by atoms with Crippen LogP contribution in [0.1, 0.15) is 34.9 Å². The molecule has 0 bridgehead atoms. The van der Waals surface area contributed by atoms with E-state index in [1.807, 2.05) is 30.3 Å². The van der Waals surface area contributed by atoms with Crippen LogP contribution in [-0.2, 0) is 0 Å². The van der Waals surface area contributed by atoms with Gasteiger partial charge in [0.1, 0.15) is 5.75 Å². The monoisotopic (exact) mass is 335 g/mol. The van der Waals surface area contributed by atoms with Crippen molar-refractivity contribution >= 4 is 5.97 Å². The molecule has 0 radical (unpaired) electrons. The molecule has 1 N–H and O–H groups in total. The van der Waals surface area contributed by atoms with Crippen molar-refractivity contribution < 1.29 is 14.6 Å². The average Bonchev–Trinajstić information content (AvgIpc) is 3.40. The summed E-state index contributed by atoms with van der Waals surface area (Å²) in [6.07, 6.45) is 2.20. The second-order valence-corrected chi connectivity index (χ2v) is 6.06. The van der Waals surface area contributed by atoms with Crippen molar-refractivity contribution in [1.29, 1.82) is 0 Å². The van der Waals surface area contributed by atoms with Gasteiger partial charge in [0.2, 0.25) is 0 Å². The predicted octanol–water partition coefficient (Wildman–Crippen LogP) is 3.52. The number of hydrogen-bond donors (Lipinski definition) is 1. The van der Waals surface area contributed by atoms with E-state index in [0.717, 1.165) is 35.7 Å². The number of carbonyl (C=O) groups is 1. The topological polar surface area (TPSA) is 77.2 Å². The lowest BCUT2D eigenvalue weighted by Crippen LogP contribution is -2.01. The first kappa shape index (κ1) is 15.4. The van der Waals surface area contributed by atoms with Crippen LogP contribution in [0.15, 0.2) is 48.5 Å². The molecule has 25 heavy (non-hydrogen) atoms. The second kappa shape index (κ2) is 6.05. The van der Waals surface area contributed by atoms with E-state index >= 15 is 0 Å². The fraction of sp³-hybridized carbons (Fsp3) is 0.211. The zero-order valence-electron chi connectivity index (χ0n) is 13.7. The van der Waals surface area contributed by atoms with Gasteiger partial charge in [-0.3, -0.25) is 0 Å². The number of benzene rings is 2. The summed E-state index contributed by atoms with van der Waals surface area (Å²) < 4.78 is 6.98.